The fraction of sp³-hybridized carbons (Fsp3) is 0.375. The number of hydrogen-bond acceptors (Lipinski definition) is 4. The van der Waals surface area contributed by atoms with Gasteiger partial charge in [0, 0.05) is 29.3 Å². The van der Waals surface area contributed by atoms with E-state index in [1.807, 2.05) is 19.1 Å². The highest BCUT2D eigenvalue weighted by atomic mass is 32.1. The van der Waals surface area contributed by atoms with Crippen LogP contribution in [-0.2, 0) is 11.2 Å². The van der Waals surface area contributed by atoms with Crippen LogP contribution in [0, 0.1) is 6.92 Å². The monoisotopic (exact) mass is 301 g/mol. The van der Waals surface area contributed by atoms with E-state index in [1.54, 1.807) is 5.51 Å². The molecule has 0 aliphatic carbocycles. The lowest BCUT2D eigenvalue weighted by Crippen LogP contribution is -2.18. The van der Waals surface area contributed by atoms with Crippen LogP contribution in [0.3, 0.4) is 0 Å². The van der Waals surface area contributed by atoms with Crippen LogP contribution in [0.2, 0.25) is 0 Å². The first-order valence-corrected chi connectivity index (χ1v) is 8.14. The first-order chi connectivity index (χ1) is 10.2. The highest BCUT2D eigenvalue weighted by molar-refractivity contribution is 7.09. The van der Waals surface area contributed by atoms with E-state index in [0.29, 0.717) is 6.42 Å². The van der Waals surface area contributed by atoms with Crippen molar-refractivity contribution in [3.8, 4) is 0 Å². The van der Waals surface area contributed by atoms with Gasteiger partial charge in [0.15, 0.2) is 0 Å². The average molecular weight is 301 g/mol. The molecular formula is C16H19N3OS. The molecule has 0 spiro atoms. The average Bonchev–Trinajstić information content (AvgIpc) is 3.12. The number of carbonyl (C=O) groups excluding carboxylic acids is 1. The molecule has 0 atom stereocenters. The van der Waals surface area contributed by atoms with Crippen LogP contribution in [0.1, 0.15) is 23.4 Å². The highest BCUT2D eigenvalue weighted by Gasteiger charge is 2.12. The van der Waals surface area contributed by atoms with Gasteiger partial charge in [0.25, 0.3) is 0 Å². The number of thiazole rings is 1. The summed E-state index contributed by atoms with van der Waals surface area (Å²) < 4.78 is 0. The normalized spacial score (nSPS) is 14.4. The number of aryl methyl sites for hydroxylation is 1. The van der Waals surface area contributed by atoms with Gasteiger partial charge in [-0.05, 0) is 44.0 Å². The second-order valence-corrected chi connectivity index (χ2v) is 6.27. The lowest BCUT2D eigenvalue weighted by molar-refractivity contribution is -0.115. The summed E-state index contributed by atoms with van der Waals surface area (Å²) in [5, 5.41) is 2.95. The third kappa shape index (κ3) is 3.42. The van der Waals surface area contributed by atoms with E-state index in [1.165, 1.54) is 29.9 Å². The van der Waals surface area contributed by atoms with Crippen LogP contribution in [0.15, 0.2) is 29.8 Å². The van der Waals surface area contributed by atoms with E-state index in [9.17, 15) is 4.79 Å². The van der Waals surface area contributed by atoms with Crippen molar-refractivity contribution in [2.24, 2.45) is 0 Å². The number of amides is 1. The number of hydrogen-bond donors (Lipinski definition) is 1. The molecule has 1 aromatic heterocycles. The zero-order valence-electron chi connectivity index (χ0n) is 12.1. The maximum atomic E-state index is 12.0. The van der Waals surface area contributed by atoms with Gasteiger partial charge in [0.05, 0.1) is 17.6 Å². The topological polar surface area (TPSA) is 45.2 Å². The molecule has 1 N–H and O–H groups in total. The Balaban J connectivity index is 1.59. The molecule has 1 amide bonds. The molecule has 1 aliphatic heterocycles. The van der Waals surface area contributed by atoms with Crippen LogP contribution < -0.4 is 10.2 Å². The highest BCUT2D eigenvalue weighted by Crippen LogP contribution is 2.22. The summed E-state index contributed by atoms with van der Waals surface area (Å²) in [6.07, 6.45) is 2.93. The van der Waals surface area contributed by atoms with Crippen molar-refractivity contribution in [3.05, 3.63) is 40.3 Å². The van der Waals surface area contributed by atoms with Crippen LogP contribution in [0.4, 0.5) is 11.4 Å². The van der Waals surface area contributed by atoms with Gasteiger partial charge in [-0.1, -0.05) is 0 Å². The lowest BCUT2D eigenvalue weighted by Gasteiger charge is -2.17. The van der Waals surface area contributed by atoms with E-state index >= 15 is 0 Å². The Morgan fingerprint density at radius 1 is 1.29 bits per heavy atom. The Labute approximate surface area is 128 Å². The first-order valence-electron chi connectivity index (χ1n) is 7.26. The van der Waals surface area contributed by atoms with E-state index in [-0.39, 0.29) is 5.91 Å². The van der Waals surface area contributed by atoms with Crippen molar-refractivity contribution in [1.29, 1.82) is 0 Å². The van der Waals surface area contributed by atoms with Crippen molar-refractivity contribution in [1.82, 2.24) is 4.98 Å². The van der Waals surface area contributed by atoms with Gasteiger partial charge in [0.1, 0.15) is 0 Å². The van der Waals surface area contributed by atoms with Crippen molar-refractivity contribution in [2.45, 2.75) is 26.2 Å². The van der Waals surface area contributed by atoms with Crippen molar-refractivity contribution >= 4 is 28.6 Å². The molecule has 0 radical (unpaired) electrons. The third-order valence-corrected chi connectivity index (χ3v) is 4.72. The van der Waals surface area contributed by atoms with Crippen LogP contribution in [-0.4, -0.2) is 24.0 Å². The summed E-state index contributed by atoms with van der Waals surface area (Å²) in [6.45, 7) is 4.21. The molecule has 5 heteroatoms. The van der Waals surface area contributed by atoms with Crippen molar-refractivity contribution < 1.29 is 4.79 Å². The minimum Gasteiger partial charge on any atom is -0.372 e. The summed E-state index contributed by atoms with van der Waals surface area (Å²) in [4.78, 5) is 19.6. The number of nitrogens with zero attached hydrogens (tertiary/aromatic N) is 2. The minimum absolute atomic E-state index is 0.0104. The zero-order valence-corrected chi connectivity index (χ0v) is 12.9. The fourth-order valence-electron chi connectivity index (χ4n) is 2.58. The van der Waals surface area contributed by atoms with E-state index in [0.717, 1.165) is 29.3 Å². The van der Waals surface area contributed by atoms with Gasteiger partial charge in [-0.15, -0.1) is 11.3 Å². The molecule has 1 saturated heterocycles. The Bertz CT molecular complexity index is 615. The molecule has 1 aromatic carbocycles. The van der Waals surface area contributed by atoms with E-state index < -0.39 is 0 Å². The summed E-state index contributed by atoms with van der Waals surface area (Å²) in [5.41, 5.74) is 4.82. The minimum atomic E-state index is 0.0104. The van der Waals surface area contributed by atoms with E-state index in [2.05, 4.69) is 27.3 Å². The Kier molecular flexibility index (Phi) is 4.20. The molecule has 0 saturated carbocycles. The molecule has 0 bridgehead atoms. The van der Waals surface area contributed by atoms with Gasteiger partial charge >= 0.3 is 0 Å². The summed E-state index contributed by atoms with van der Waals surface area (Å²) in [7, 11) is 0. The SMILES string of the molecule is Cc1ncsc1CC(=O)Nc1ccc(N2CCCC2)cc1. The van der Waals surface area contributed by atoms with Crippen LogP contribution in [0.5, 0.6) is 0 Å². The number of nitrogens with one attached hydrogen (secondary N) is 1. The Hall–Kier alpha value is -1.88. The zero-order chi connectivity index (χ0) is 14.7. The van der Waals surface area contributed by atoms with Gasteiger partial charge in [-0.2, -0.15) is 0 Å². The van der Waals surface area contributed by atoms with Crippen LogP contribution >= 0.6 is 11.3 Å². The number of anilines is 2. The second-order valence-electron chi connectivity index (χ2n) is 5.33. The standard InChI is InChI=1S/C16H19N3OS/c1-12-15(21-11-17-12)10-16(20)18-13-4-6-14(7-5-13)19-8-2-3-9-19/h4-7,11H,2-3,8-10H2,1H3,(H,18,20). The van der Waals surface area contributed by atoms with Gasteiger partial charge < -0.3 is 10.2 Å². The smallest absolute Gasteiger partial charge is 0.229 e. The molecule has 1 aliphatic rings. The number of carbonyl (C=O) groups is 1. The van der Waals surface area contributed by atoms with Gasteiger partial charge in [0.2, 0.25) is 5.91 Å². The largest absolute Gasteiger partial charge is 0.372 e. The molecule has 2 heterocycles. The Morgan fingerprint density at radius 2 is 2.00 bits per heavy atom. The van der Waals surface area contributed by atoms with E-state index in [4.69, 9.17) is 0 Å². The number of benzene rings is 1. The molecule has 110 valence electrons. The first kappa shape index (κ1) is 14.1. The third-order valence-electron chi connectivity index (χ3n) is 3.79. The molecule has 2 aromatic rings. The maximum Gasteiger partial charge on any atom is 0.229 e. The predicted octanol–water partition coefficient (Wildman–Crippen LogP) is 3.23. The summed E-state index contributed by atoms with van der Waals surface area (Å²) in [6, 6.07) is 8.12. The molecule has 3 rings (SSSR count). The molecule has 0 unspecified atom stereocenters. The quantitative estimate of drug-likeness (QED) is 0.943. The summed E-state index contributed by atoms with van der Waals surface area (Å²) >= 11 is 1.53. The lowest BCUT2D eigenvalue weighted by atomic mass is 10.2. The van der Waals surface area contributed by atoms with Crippen molar-refractivity contribution in [2.75, 3.05) is 23.3 Å². The second kappa shape index (κ2) is 6.26. The predicted molar refractivity (Wildman–Crippen MR) is 87.1 cm³/mol. The Morgan fingerprint density at radius 3 is 2.62 bits per heavy atom. The van der Waals surface area contributed by atoms with Gasteiger partial charge in [-0.25, -0.2) is 4.98 Å². The van der Waals surface area contributed by atoms with Gasteiger partial charge in [-0.3, -0.25) is 4.79 Å². The molecule has 4 nitrogen and oxygen atoms in total. The number of rotatable bonds is 4. The summed E-state index contributed by atoms with van der Waals surface area (Å²) in [5.74, 6) is 0.0104. The van der Waals surface area contributed by atoms with Crippen LogP contribution in [0.25, 0.3) is 0 Å². The molecular weight excluding hydrogens is 282 g/mol. The number of aromatic nitrogens is 1. The van der Waals surface area contributed by atoms with Crippen molar-refractivity contribution in [3.63, 3.8) is 0 Å². The molecule has 21 heavy (non-hydrogen) atoms. The fourth-order valence-corrected chi connectivity index (χ4v) is 3.35. The molecule has 1 fully saturated rings. The maximum absolute atomic E-state index is 12.0.